The van der Waals surface area contributed by atoms with Crippen LogP contribution in [0.1, 0.15) is 51.4 Å². The van der Waals surface area contributed by atoms with Crippen molar-refractivity contribution in [2.45, 2.75) is 61.0 Å². The summed E-state index contributed by atoms with van der Waals surface area (Å²) in [6.07, 6.45) is 7.87. The molecule has 2 saturated carbocycles. The maximum atomic E-state index is 11.3. The van der Waals surface area contributed by atoms with Crippen LogP contribution >= 0.6 is 0 Å². The number of carbonyl (C=O) groups is 2. The van der Waals surface area contributed by atoms with Crippen molar-refractivity contribution in [3.63, 3.8) is 0 Å². The Morgan fingerprint density at radius 2 is 1.33 bits per heavy atom. The first kappa shape index (κ1) is 11.3. The summed E-state index contributed by atoms with van der Waals surface area (Å²) in [6.45, 7) is 0. The van der Waals surface area contributed by atoms with Gasteiger partial charge in [0, 0.05) is 0 Å². The van der Waals surface area contributed by atoms with E-state index in [1.165, 1.54) is 12.8 Å². The molecule has 0 aromatic rings. The van der Waals surface area contributed by atoms with E-state index in [2.05, 4.69) is 0 Å². The van der Waals surface area contributed by atoms with Crippen molar-refractivity contribution >= 4 is 26.5 Å². The van der Waals surface area contributed by atoms with Crippen LogP contribution in [0, 0.1) is 0 Å². The summed E-state index contributed by atoms with van der Waals surface area (Å²) in [4.78, 5) is 23.9. The van der Waals surface area contributed by atoms with Gasteiger partial charge >= 0.3 is 97.1 Å². The van der Waals surface area contributed by atoms with Gasteiger partial charge in [0.2, 0.25) is 0 Å². The average molecular weight is 273 g/mol. The van der Waals surface area contributed by atoms with Crippen molar-refractivity contribution in [3.05, 3.63) is 0 Å². The second kappa shape index (κ2) is 5.27. The van der Waals surface area contributed by atoms with E-state index in [0.29, 0.717) is 36.2 Å². The van der Waals surface area contributed by atoms with Gasteiger partial charge in [-0.05, 0) is 0 Å². The molecular formula is C12H18O2Se. The molecule has 0 amide bonds. The minimum absolute atomic E-state index is 0.454. The summed E-state index contributed by atoms with van der Waals surface area (Å²) >= 11 is 0.534. The molecule has 0 N–H and O–H groups in total. The number of carbonyl (C=O) groups excluding carboxylic acids is 2. The summed E-state index contributed by atoms with van der Waals surface area (Å²) in [5.41, 5.74) is 0. The van der Waals surface area contributed by atoms with Gasteiger partial charge in [-0.2, -0.15) is 0 Å². The molecular weight excluding hydrogens is 255 g/mol. The number of Topliss-reactive ketones (excluding diaryl/α,β-unsaturated/α-hetero) is 2. The monoisotopic (exact) mass is 274 g/mol. The molecule has 0 saturated heterocycles. The van der Waals surface area contributed by atoms with E-state index in [1.807, 2.05) is 0 Å². The average Bonchev–Trinajstić information content (AvgIpc) is 2.17. The Morgan fingerprint density at radius 1 is 0.867 bits per heavy atom. The first-order valence-corrected chi connectivity index (χ1v) is 7.90. The third-order valence-corrected chi connectivity index (χ3v) is 6.56. The van der Waals surface area contributed by atoms with Gasteiger partial charge in [-0.15, -0.1) is 0 Å². The molecule has 3 heteroatoms. The molecule has 0 heterocycles. The predicted molar refractivity (Wildman–Crippen MR) is 60.2 cm³/mol. The van der Waals surface area contributed by atoms with Crippen LogP contribution in [0.4, 0.5) is 0 Å². The van der Waals surface area contributed by atoms with E-state index in [1.54, 1.807) is 0 Å². The standard InChI is InChI=1S/C12H18O2Se/c13-9-3-1-5-11(7-9)15-12-6-2-4-10(14)8-12/h11-12H,1-8H2. The molecule has 2 aliphatic rings. The van der Waals surface area contributed by atoms with Crippen molar-refractivity contribution in [2.75, 3.05) is 0 Å². The van der Waals surface area contributed by atoms with E-state index in [0.717, 1.165) is 38.5 Å². The van der Waals surface area contributed by atoms with Crippen LogP contribution in [-0.2, 0) is 9.59 Å². The zero-order valence-corrected chi connectivity index (χ0v) is 10.7. The van der Waals surface area contributed by atoms with Crippen LogP contribution in [0.25, 0.3) is 0 Å². The molecule has 0 radical (unpaired) electrons. The third-order valence-electron chi connectivity index (χ3n) is 3.26. The number of hydrogen-bond acceptors (Lipinski definition) is 2. The van der Waals surface area contributed by atoms with Crippen LogP contribution < -0.4 is 0 Å². The Morgan fingerprint density at radius 3 is 1.73 bits per heavy atom. The van der Waals surface area contributed by atoms with Gasteiger partial charge in [0.25, 0.3) is 0 Å². The fourth-order valence-electron chi connectivity index (χ4n) is 2.47. The molecule has 0 aromatic carbocycles. The van der Waals surface area contributed by atoms with Crippen molar-refractivity contribution in [2.24, 2.45) is 0 Å². The first-order valence-electron chi connectivity index (χ1n) is 5.93. The Balaban J connectivity index is 1.80. The number of rotatable bonds is 2. The Bertz CT molecular complexity index is 236. The summed E-state index contributed by atoms with van der Waals surface area (Å²) in [7, 11) is 0. The van der Waals surface area contributed by atoms with Gasteiger partial charge in [-0.25, -0.2) is 0 Å². The minimum atomic E-state index is 0.454. The van der Waals surface area contributed by atoms with Crippen molar-refractivity contribution in [3.8, 4) is 0 Å². The summed E-state index contributed by atoms with van der Waals surface area (Å²) in [5.74, 6) is 0.908. The molecule has 2 unspecified atom stereocenters. The second-order valence-electron chi connectivity index (χ2n) is 4.65. The molecule has 0 aliphatic heterocycles. The zero-order valence-electron chi connectivity index (χ0n) is 9.04. The van der Waals surface area contributed by atoms with Gasteiger partial charge in [0.1, 0.15) is 0 Å². The number of hydrogen-bond donors (Lipinski definition) is 0. The van der Waals surface area contributed by atoms with Crippen LogP contribution in [-0.4, -0.2) is 26.5 Å². The molecule has 0 bridgehead atoms. The normalized spacial score (nSPS) is 33.1. The maximum absolute atomic E-state index is 11.3. The fraction of sp³-hybridized carbons (Fsp3) is 0.833. The molecule has 2 nitrogen and oxygen atoms in total. The third kappa shape index (κ3) is 3.42. The van der Waals surface area contributed by atoms with Crippen LogP contribution in [0.2, 0.25) is 9.63 Å². The van der Waals surface area contributed by atoms with E-state index in [4.69, 9.17) is 0 Å². The molecule has 2 fully saturated rings. The summed E-state index contributed by atoms with van der Waals surface area (Å²) in [6, 6.07) is 0. The Kier molecular flexibility index (Phi) is 3.98. The Labute approximate surface area is 97.3 Å². The number of ketones is 2. The van der Waals surface area contributed by atoms with Crippen LogP contribution in [0.5, 0.6) is 0 Å². The molecule has 0 spiro atoms. The van der Waals surface area contributed by atoms with Crippen LogP contribution in [0.15, 0.2) is 0 Å². The molecule has 84 valence electrons. The van der Waals surface area contributed by atoms with Gasteiger partial charge in [0.15, 0.2) is 0 Å². The van der Waals surface area contributed by atoms with E-state index < -0.39 is 0 Å². The van der Waals surface area contributed by atoms with Crippen molar-refractivity contribution in [1.29, 1.82) is 0 Å². The Hall–Kier alpha value is -0.141. The van der Waals surface area contributed by atoms with Crippen LogP contribution in [0.3, 0.4) is 0 Å². The van der Waals surface area contributed by atoms with Gasteiger partial charge < -0.3 is 0 Å². The SMILES string of the molecule is O=C1CCCC([Se]C2CCCC(=O)C2)C1. The van der Waals surface area contributed by atoms with E-state index >= 15 is 0 Å². The molecule has 2 atom stereocenters. The first-order chi connectivity index (χ1) is 7.24. The zero-order chi connectivity index (χ0) is 10.7. The topological polar surface area (TPSA) is 34.1 Å². The molecule has 15 heavy (non-hydrogen) atoms. The van der Waals surface area contributed by atoms with E-state index in [9.17, 15) is 9.59 Å². The molecule has 0 aromatic heterocycles. The second-order valence-corrected chi connectivity index (χ2v) is 8.02. The fourth-order valence-corrected chi connectivity index (χ4v) is 6.07. The summed E-state index contributed by atoms with van der Waals surface area (Å²) in [5, 5.41) is 0. The predicted octanol–water partition coefficient (Wildman–Crippen LogP) is 2.55. The molecule has 2 aliphatic carbocycles. The van der Waals surface area contributed by atoms with Gasteiger partial charge in [-0.3, -0.25) is 0 Å². The summed E-state index contributed by atoms with van der Waals surface area (Å²) < 4.78 is 0. The van der Waals surface area contributed by atoms with Crippen molar-refractivity contribution in [1.82, 2.24) is 0 Å². The molecule has 2 rings (SSSR count). The van der Waals surface area contributed by atoms with E-state index in [-0.39, 0.29) is 0 Å². The van der Waals surface area contributed by atoms with Crippen molar-refractivity contribution < 1.29 is 9.59 Å². The quantitative estimate of drug-likeness (QED) is 0.725. The van der Waals surface area contributed by atoms with Gasteiger partial charge in [0.05, 0.1) is 0 Å². The van der Waals surface area contributed by atoms with Gasteiger partial charge in [-0.1, -0.05) is 0 Å².